The number of carbonyl (C=O) groups excluding carboxylic acids is 1. The van der Waals surface area contributed by atoms with Crippen molar-refractivity contribution in [3.8, 4) is 0 Å². The molecule has 1 amide bonds. The summed E-state index contributed by atoms with van der Waals surface area (Å²) in [6.45, 7) is 2.83. The highest BCUT2D eigenvalue weighted by Gasteiger charge is 2.30. The van der Waals surface area contributed by atoms with Crippen molar-refractivity contribution < 1.29 is 9.53 Å². The first-order chi connectivity index (χ1) is 8.34. The van der Waals surface area contributed by atoms with Gasteiger partial charge in [-0.3, -0.25) is 4.79 Å². The number of aryl methyl sites for hydroxylation is 1. The van der Waals surface area contributed by atoms with E-state index in [4.69, 9.17) is 4.74 Å². The number of aromatic nitrogens is 2. The smallest absolute Gasteiger partial charge is 0.226 e. The molecular weight excluding hydrogens is 218 g/mol. The van der Waals surface area contributed by atoms with Gasteiger partial charge in [0.2, 0.25) is 5.91 Å². The van der Waals surface area contributed by atoms with Crippen molar-refractivity contribution >= 4 is 5.91 Å². The molecule has 0 aromatic carbocycles. The van der Waals surface area contributed by atoms with E-state index in [2.05, 4.69) is 9.97 Å². The molecule has 1 aliphatic carbocycles. The van der Waals surface area contributed by atoms with Crippen LogP contribution in [0.15, 0.2) is 6.33 Å². The maximum absolute atomic E-state index is 12.3. The zero-order valence-electron chi connectivity index (χ0n) is 9.82. The maximum atomic E-state index is 12.3. The van der Waals surface area contributed by atoms with Crippen LogP contribution >= 0.6 is 0 Å². The SMILES string of the molecule is O=C([C@@H]1CCc2nc[nH]c2C1)N1CCOCC1. The summed E-state index contributed by atoms with van der Waals surface area (Å²) in [4.78, 5) is 21.7. The highest BCUT2D eigenvalue weighted by Crippen LogP contribution is 2.24. The highest BCUT2D eigenvalue weighted by molar-refractivity contribution is 5.79. The van der Waals surface area contributed by atoms with Crippen LogP contribution in [-0.2, 0) is 22.4 Å². The van der Waals surface area contributed by atoms with Gasteiger partial charge in [-0.1, -0.05) is 0 Å². The average Bonchev–Trinajstić information content (AvgIpc) is 2.86. The van der Waals surface area contributed by atoms with E-state index < -0.39 is 0 Å². The fourth-order valence-corrected chi connectivity index (χ4v) is 2.65. The van der Waals surface area contributed by atoms with Crippen LogP contribution in [0.1, 0.15) is 17.8 Å². The number of amides is 1. The molecule has 0 spiro atoms. The first-order valence-corrected chi connectivity index (χ1v) is 6.22. The molecule has 0 saturated carbocycles. The van der Waals surface area contributed by atoms with Crippen molar-refractivity contribution in [2.45, 2.75) is 19.3 Å². The van der Waals surface area contributed by atoms with Crippen LogP contribution in [-0.4, -0.2) is 47.1 Å². The summed E-state index contributed by atoms with van der Waals surface area (Å²) >= 11 is 0. The van der Waals surface area contributed by atoms with E-state index in [1.165, 1.54) is 0 Å². The number of H-pyrrole nitrogens is 1. The van der Waals surface area contributed by atoms with Gasteiger partial charge in [0.1, 0.15) is 0 Å². The minimum atomic E-state index is 0.126. The summed E-state index contributed by atoms with van der Waals surface area (Å²) in [6.07, 6.45) is 4.38. The molecule has 92 valence electrons. The van der Waals surface area contributed by atoms with Gasteiger partial charge in [0.25, 0.3) is 0 Å². The Balaban J connectivity index is 1.67. The lowest BCUT2D eigenvalue weighted by atomic mass is 9.88. The standard InChI is InChI=1S/C12H17N3O2/c16-12(15-3-5-17-6-4-15)9-1-2-10-11(7-9)14-8-13-10/h8-9H,1-7H2,(H,13,14)/t9-/m1/s1. The Morgan fingerprint density at radius 1 is 1.47 bits per heavy atom. The van der Waals surface area contributed by atoms with Gasteiger partial charge in [0, 0.05) is 31.1 Å². The third kappa shape index (κ3) is 2.07. The van der Waals surface area contributed by atoms with E-state index in [-0.39, 0.29) is 11.8 Å². The molecule has 2 aliphatic rings. The fourth-order valence-electron chi connectivity index (χ4n) is 2.65. The average molecular weight is 235 g/mol. The Kier molecular flexibility index (Phi) is 2.84. The van der Waals surface area contributed by atoms with E-state index >= 15 is 0 Å². The Labute approximate surface area is 100 Å². The Morgan fingerprint density at radius 2 is 2.29 bits per heavy atom. The lowest BCUT2D eigenvalue weighted by Crippen LogP contribution is -2.44. The second kappa shape index (κ2) is 4.49. The monoisotopic (exact) mass is 235 g/mol. The number of hydrogen-bond donors (Lipinski definition) is 1. The summed E-state index contributed by atoms with van der Waals surface area (Å²) < 4.78 is 5.27. The second-order valence-electron chi connectivity index (χ2n) is 4.71. The third-order valence-electron chi connectivity index (χ3n) is 3.66. The number of hydrogen-bond acceptors (Lipinski definition) is 3. The quantitative estimate of drug-likeness (QED) is 0.765. The minimum Gasteiger partial charge on any atom is -0.378 e. The summed E-state index contributed by atoms with van der Waals surface area (Å²) in [5.74, 6) is 0.412. The van der Waals surface area contributed by atoms with Gasteiger partial charge in [-0.25, -0.2) is 4.98 Å². The number of rotatable bonds is 1. The van der Waals surface area contributed by atoms with Gasteiger partial charge in [-0.2, -0.15) is 0 Å². The largest absolute Gasteiger partial charge is 0.378 e. The van der Waals surface area contributed by atoms with E-state index in [0.29, 0.717) is 13.2 Å². The molecule has 1 saturated heterocycles. The van der Waals surface area contributed by atoms with E-state index in [0.717, 1.165) is 43.7 Å². The van der Waals surface area contributed by atoms with Gasteiger partial charge >= 0.3 is 0 Å². The summed E-state index contributed by atoms with van der Waals surface area (Å²) in [6, 6.07) is 0. The predicted octanol–water partition coefficient (Wildman–Crippen LogP) is 0.373. The molecule has 1 aromatic heterocycles. The van der Waals surface area contributed by atoms with Crippen molar-refractivity contribution in [1.82, 2.24) is 14.9 Å². The molecule has 0 bridgehead atoms. The number of carbonyl (C=O) groups is 1. The summed E-state index contributed by atoms with van der Waals surface area (Å²) in [5, 5.41) is 0. The maximum Gasteiger partial charge on any atom is 0.226 e. The van der Waals surface area contributed by atoms with Crippen LogP contribution in [0, 0.1) is 5.92 Å². The Bertz CT molecular complexity index is 410. The number of nitrogens with zero attached hydrogens (tertiary/aromatic N) is 2. The summed E-state index contributed by atoms with van der Waals surface area (Å²) in [5.41, 5.74) is 2.28. The van der Waals surface area contributed by atoms with Gasteiger partial charge in [0.15, 0.2) is 0 Å². The number of aromatic amines is 1. The normalized spacial score (nSPS) is 24.5. The number of ether oxygens (including phenoxy) is 1. The molecular formula is C12H17N3O2. The van der Waals surface area contributed by atoms with Crippen molar-refractivity contribution in [3.63, 3.8) is 0 Å². The molecule has 1 N–H and O–H groups in total. The lowest BCUT2D eigenvalue weighted by Gasteiger charge is -2.31. The van der Waals surface area contributed by atoms with E-state index in [1.54, 1.807) is 6.33 Å². The Hall–Kier alpha value is -1.36. The van der Waals surface area contributed by atoms with Crippen LogP contribution in [0.25, 0.3) is 0 Å². The molecule has 1 atom stereocenters. The first-order valence-electron chi connectivity index (χ1n) is 6.22. The molecule has 17 heavy (non-hydrogen) atoms. The topological polar surface area (TPSA) is 58.2 Å². The lowest BCUT2D eigenvalue weighted by molar-refractivity contribution is -0.140. The van der Waals surface area contributed by atoms with Gasteiger partial charge < -0.3 is 14.6 Å². The molecule has 1 aliphatic heterocycles. The van der Waals surface area contributed by atoms with E-state index in [1.807, 2.05) is 4.90 Å². The Morgan fingerprint density at radius 3 is 3.12 bits per heavy atom. The summed E-state index contributed by atoms with van der Waals surface area (Å²) in [7, 11) is 0. The third-order valence-corrected chi connectivity index (χ3v) is 3.66. The molecule has 0 radical (unpaired) electrons. The number of imidazole rings is 1. The molecule has 5 heteroatoms. The van der Waals surface area contributed by atoms with Crippen LogP contribution in [0.2, 0.25) is 0 Å². The minimum absolute atomic E-state index is 0.126. The van der Waals surface area contributed by atoms with Crippen LogP contribution < -0.4 is 0 Å². The number of fused-ring (bicyclic) bond motifs is 1. The van der Waals surface area contributed by atoms with Crippen LogP contribution in [0.3, 0.4) is 0 Å². The van der Waals surface area contributed by atoms with Crippen molar-refractivity contribution in [3.05, 3.63) is 17.7 Å². The molecule has 5 nitrogen and oxygen atoms in total. The zero-order chi connectivity index (χ0) is 11.7. The molecule has 0 unspecified atom stereocenters. The molecule has 1 fully saturated rings. The fraction of sp³-hybridized carbons (Fsp3) is 0.667. The zero-order valence-corrected chi connectivity index (χ0v) is 9.82. The molecule has 3 rings (SSSR count). The van der Waals surface area contributed by atoms with Gasteiger partial charge in [-0.05, 0) is 12.8 Å². The van der Waals surface area contributed by atoms with Crippen molar-refractivity contribution in [2.75, 3.05) is 26.3 Å². The van der Waals surface area contributed by atoms with Crippen LogP contribution in [0.5, 0.6) is 0 Å². The molecule has 1 aromatic rings. The number of nitrogens with one attached hydrogen (secondary N) is 1. The van der Waals surface area contributed by atoms with Gasteiger partial charge in [-0.15, -0.1) is 0 Å². The first kappa shape index (κ1) is 10.8. The predicted molar refractivity (Wildman–Crippen MR) is 61.5 cm³/mol. The van der Waals surface area contributed by atoms with E-state index in [9.17, 15) is 4.79 Å². The van der Waals surface area contributed by atoms with Crippen molar-refractivity contribution in [1.29, 1.82) is 0 Å². The highest BCUT2D eigenvalue weighted by atomic mass is 16.5. The van der Waals surface area contributed by atoms with Crippen molar-refractivity contribution in [2.24, 2.45) is 5.92 Å². The molecule has 2 heterocycles. The van der Waals surface area contributed by atoms with Crippen LogP contribution in [0.4, 0.5) is 0 Å². The number of morpholine rings is 1. The second-order valence-corrected chi connectivity index (χ2v) is 4.71. The van der Waals surface area contributed by atoms with Gasteiger partial charge in [0.05, 0.1) is 25.2 Å².